The number of benzene rings is 1. The monoisotopic (exact) mass is 383 g/mol. The normalized spacial score (nSPS) is 13.9. The minimum absolute atomic E-state index is 0.122. The SMILES string of the molecule is CN1CCN(C(=O)c2cncc(Br)c2)c2nc3ccccc3nc21. The molecular weight excluding hydrogens is 370 g/mol. The summed E-state index contributed by atoms with van der Waals surface area (Å²) in [5.74, 6) is 1.19. The van der Waals surface area contributed by atoms with Gasteiger partial charge in [-0.1, -0.05) is 12.1 Å². The molecule has 0 spiro atoms. The van der Waals surface area contributed by atoms with E-state index in [0.29, 0.717) is 24.5 Å². The highest BCUT2D eigenvalue weighted by molar-refractivity contribution is 9.10. The second kappa shape index (κ2) is 5.83. The van der Waals surface area contributed by atoms with E-state index in [1.54, 1.807) is 23.4 Å². The lowest BCUT2D eigenvalue weighted by atomic mass is 10.2. The number of likely N-dealkylation sites (N-methyl/N-ethyl adjacent to an activating group) is 1. The van der Waals surface area contributed by atoms with Gasteiger partial charge in [0.1, 0.15) is 0 Å². The number of anilines is 2. The number of hydrogen-bond donors (Lipinski definition) is 0. The van der Waals surface area contributed by atoms with Gasteiger partial charge in [0.2, 0.25) is 0 Å². The average molecular weight is 384 g/mol. The van der Waals surface area contributed by atoms with Gasteiger partial charge in [-0.3, -0.25) is 14.7 Å². The fraction of sp³-hybridized carbons (Fsp3) is 0.176. The maximum atomic E-state index is 12.9. The molecule has 0 N–H and O–H groups in total. The Morgan fingerprint density at radius 2 is 1.79 bits per heavy atom. The van der Waals surface area contributed by atoms with Crippen LogP contribution in [0.1, 0.15) is 10.4 Å². The predicted molar refractivity (Wildman–Crippen MR) is 96.4 cm³/mol. The van der Waals surface area contributed by atoms with E-state index in [0.717, 1.165) is 21.3 Å². The maximum absolute atomic E-state index is 12.9. The standard InChI is InChI=1S/C17H14BrN5O/c1-22-6-7-23(17(24)11-8-12(18)10-19-9-11)16-15(22)20-13-4-2-3-5-14(13)21-16/h2-5,8-10H,6-7H2,1H3. The minimum Gasteiger partial charge on any atom is -0.355 e. The third-order valence-corrected chi connectivity index (χ3v) is 4.44. The van der Waals surface area contributed by atoms with Gasteiger partial charge in [0.15, 0.2) is 11.6 Å². The molecule has 0 unspecified atom stereocenters. The van der Waals surface area contributed by atoms with E-state index in [-0.39, 0.29) is 5.91 Å². The number of carbonyl (C=O) groups is 1. The van der Waals surface area contributed by atoms with Gasteiger partial charge in [-0.05, 0) is 34.1 Å². The second-order valence-electron chi connectivity index (χ2n) is 5.63. The molecule has 0 bridgehead atoms. The molecule has 0 aliphatic carbocycles. The number of nitrogens with zero attached hydrogens (tertiary/aromatic N) is 5. The quantitative estimate of drug-likeness (QED) is 0.646. The molecule has 3 heterocycles. The van der Waals surface area contributed by atoms with Crippen LogP contribution in [-0.2, 0) is 0 Å². The third-order valence-electron chi connectivity index (χ3n) is 4.01. The average Bonchev–Trinajstić information content (AvgIpc) is 2.60. The van der Waals surface area contributed by atoms with Gasteiger partial charge in [0.25, 0.3) is 5.91 Å². The Morgan fingerprint density at radius 3 is 2.50 bits per heavy atom. The Labute approximate surface area is 147 Å². The first-order chi connectivity index (χ1) is 11.6. The summed E-state index contributed by atoms with van der Waals surface area (Å²) >= 11 is 3.36. The van der Waals surface area contributed by atoms with Gasteiger partial charge < -0.3 is 4.90 Å². The van der Waals surface area contributed by atoms with E-state index in [1.165, 1.54) is 0 Å². The summed E-state index contributed by atoms with van der Waals surface area (Å²) in [6.07, 6.45) is 3.22. The molecule has 0 saturated heterocycles. The molecule has 120 valence electrons. The molecule has 0 atom stereocenters. The maximum Gasteiger partial charge on any atom is 0.261 e. The molecule has 4 rings (SSSR count). The van der Waals surface area contributed by atoms with E-state index >= 15 is 0 Å². The summed E-state index contributed by atoms with van der Waals surface area (Å²) in [6.45, 7) is 1.26. The van der Waals surface area contributed by atoms with E-state index in [4.69, 9.17) is 0 Å². The van der Waals surface area contributed by atoms with Crippen molar-refractivity contribution < 1.29 is 4.79 Å². The zero-order chi connectivity index (χ0) is 16.7. The lowest BCUT2D eigenvalue weighted by Crippen LogP contribution is -2.43. The summed E-state index contributed by atoms with van der Waals surface area (Å²) in [5.41, 5.74) is 2.12. The number of rotatable bonds is 1. The summed E-state index contributed by atoms with van der Waals surface area (Å²) in [5, 5.41) is 0. The molecule has 3 aromatic rings. The zero-order valence-corrected chi connectivity index (χ0v) is 14.6. The molecule has 1 aromatic carbocycles. The van der Waals surface area contributed by atoms with E-state index in [1.807, 2.05) is 36.2 Å². The van der Waals surface area contributed by atoms with Crippen LogP contribution in [0.5, 0.6) is 0 Å². The number of amides is 1. The third kappa shape index (κ3) is 2.50. The number of pyridine rings is 1. The van der Waals surface area contributed by atoms with Crippen LogP contribution in [0.3, 0.4) is 0 Å². The number of fused-ring (bicyclic) bond motifs is 2. The first kappa shape index (κ1) is 15.0. The Bertz CT molecular complexity index is 945. The number of carbonyl (C=O) groups excluding carboxylic acids is 1. The fourth-order valence-electron chi connectivity index (χ4n) is 2.76. The first-order valence-corrected chi connectivity index (χ1v) is 8.33. The van der Waals surface area contributed by atoms with Crippen molar-refractivity contribution in [1.82, 2.24) is 15.0 Å². The highest BCUT2D eigenvalue weighted by Crippen LogP contribution is 2.31. The molecule has 1 aliphatic heterocycles. The van der Waals surface area contributed by atoms with Crippen molar-refractivity contribution in [3.8, 4) is 0 Å². The lowest BCUT2D eigenvalue weighted by Gasteiger charge is -2.33. The van der Waals surface area contributed by atoms with Gasteiger partial charge in [0, 0.05) is 37.0 Å². The van der Waals surface area contributed by atoms with Crippen LogP contribution in [0.25, 0.3) is 11.0 Å². The topological polar surface area (TPSA) is 62.2 Å². The van der Waals surface area contributed by atoms with Gasteiger partial charge in [-0.15, -0.1) is 0 Å². The minimum atomic E-state index is -0.122. The molecule has 0 fully saturated rings. The molecular formula is C17H14BrN5O. The molecule has 0 radical (unpaired) electrons. The van der Waals surface area contributed by atoms with Gasteiger partial charge in [-0.25, -0.2) is 9.97 Å². The van der Waals surface area contributed by atoms with E-state index in [2.05, 4.69) is 30.9 Å². The second-order valence-corrected chi connectivity index (χ2v) is 6.55. The Morgan fingerprint density at radius 1 is 1.08 bits per heavy atom. The lowest BCUT2D eigenvalue weighted by molar-refractivity contribution is 0.0985. The van der Waals surface area contributed by atoms with Crippen LogP contribution in [0.4, 0.5) is 11.6 Å². The highest BCUT2D eigenvalue weighted by Gasteiger charge is 2.29. The molecule has 24 heavy (non-hydrogen) atoms. The molecule has 1 amide bonds. The summed E-state index contributed by atoms with van der Waals surface area (Å²) in [6, 6.07) is 9.44. The smallest absolute Gasteiger partial charge is 0.261 e. The first-order valence-electron chi connectivity index (χ1n) is 7.54. The number of para-hydroxylation sites is 2. The van der Waals surface area contributed by atoms with Crippen LogP contribution in [0.15, 0.2) is 47.2 Å². The Balaban J connectivity index is 1.83. The van der Waals surface area contributed by atoms with Gasteiger partial charge >= 0.3 is 0 Å². The predicted octanol–water partition coefficient (Wildman–Crippen LogP) is 2.88. The molecule has 6 nitrogen and oxygen atoms in total. The fourth-order valence-corrected chi connectivity index (χ4v) is 3.13. The van der Waals surface area contributed by atoms with Crippen LogP contribution in [-0.4, -0.2) is 41.0 Å². The van der Waals surface area contributed by atoms with Crippen LogP contribution in [0.2, 0.25) is 0 Å². The number of halogens is 1. The van der Waals surface area contributed by atoms with Crippen molar-refractivity contribution in [2.45, 2.75) is 0 Å². The van der Waals surface area contributed by atoms with Crippen molar-refractivity contribution in [1.29, 1.82) is 0 Å². The highest BCUT2D eigenvalue weighted by atomic mass is 79.9. The summed E-state index contributed by atoms with van der Waals surface area (Å²) < 4.78 is 0.771. The number of aromatic nitrogens is 3. The van der Waals surface area contributed by atoms with Crippen LogP contribution < -0.4 is 9.80 Å². The molecule has 0 saturated carbocycles. The van der Waals surface area contributed by atoms with Crippen LogP contribution in [0, 0.1) is 0 Å². The Hall–Kier alpha value is -2.54. The van der Waals surface area contributed by atoms with Crippen molar-refractivity contribution in [3.63, 3.8) is 0 Å². The van der Waals surface area contributed by atoms with Crippen molar-refractivity contribution >= 4 is 44.5 Å². The van der Waals surface area contributed by atoms with Crippen LogP contribution >= 0.6 is 15.9 Å². The van der Waals surface area contributed by atoms with Gasteiger partial charge in [-0.2, -0.15) is 0 Å². The summed E-state index contributed by atoms with van der Waals surface area (Å²) in [7, 11) is 1.96. The Kier molecular flexibility index (Phi) is 3.65. The van der Waals surface area contributed by atoms with Gasteiger partial charge in [0.05, 0.1) is 16.6 Å². The molecule has 1 aliphatic rings. The van der Waals surface area contributed by atoms with Crippen molar-refractivity contribution in [3.05, 3.63) is 52.8 Å². The largest absolute Gasteiger partial charge is 0.355 e. The summed E-state index contributed by atoms with van der Waals surface area (Å²) in [4.78, 5) is 30.1. The van der Waals surface area contributed by atoms with Crippen molar-refractivity contribution in [2.24, 2.45) is 0 Å². The zero-order valence-electron chi connectivity index (χ0n) is 13.0. The van der Waals surface area contributed by atoms with Crippen molar-refractivity contribution in [2.75, 3.05) is 29.9 Å². The van der Waals surface area contributed by atoms with E-state index in [9.17, 15) is 4.79 Å². The van der Waals surface area contributed by atoms with E-state index < -0.39 is 0 Å². The molecule has 2 aromatic heterocycles. The molecule has 7 heteroatoms. The number of hydrogen-bond acceptors (Lipinski definition) is 5.